The van der Waals surface area contributed by atoms with Gasteiger partial charge in [0.05, 0.1) is 37.6 Å². The molecule has 0 aliphatic carbocycles. The molecule has 0 saturated carbocycles. The first kappa shape index (κ1) is 25.3. The fourth-order valence-corrected chi connectivity index (χ4v) is 3.91. The van der Waals surface area contributed by atoms with Crippen molar-refractivity contribution in [2.45, 2.75) is 6.61 Å². The first-order chi connectivity index (χ1) is 18.6. The molecule has 2 aromatic carbocycles. The molecule has 0 spiro atoms. The number of benzene rings is 2. The van der Waals surface area contributed by atoms with Crippen LogP contribution in [-0.4, -0.2) is 78.7 Å². The molecule has 0 bridgehead atoms. The average molecular weight is 521 g/mol. The number of nitrogens with zero attached hydrogens (tertiary/aromatic N) is 7. The van der Waals surface area contributed by atoms with Crippen LogP contribution in [-0.2, 0) is 16.1 Å². The highest BCUT2D eigenvalue weighted by molar-refractivity contribution is 5.80. The van der Waals surface area contributed by atoms with Crippen molar-refractivity contribution >= 4 is 29.7 Å². The molecule has 3 heterocycles. The van der Waals surface area contributed by atoms with Gasteiger partial charge in [-0.2, -0.15) is 20.1 Å². The molecule has 2 aliphatic heterocycles. The molecular weight excluding hydrogens is 492 g/mol. The lowest BCUT2D eigenvalue weighted by Gasteiger charge is -2.30. The number of hydrogen-bond donors (Lipinski definition) is 1. The number of hydrazone groups is 1. The molecule has 2 saturated heterocycles. The second-order valence-electron chi connectivity index (χ2n) is 8.61. The van der Waals surface area contributed by atoms with Crippen molar-refractivity contribution < 1.29 is 19.1 Å². The van der Waals surface area contributed by atoms with Gasteiger partial charge in [-0.3, -0.25) is 10.1 Å². The highest BCUT2D eigenvalue weighted by Gasteiger charge is 2.20. The molecule has 0 unspecified atom stereocenters. The Balaban J connectivity index is 1.21. The van der Waals surface area contributed by atoms with Crippen LogP contribution in [0.2, 0.25) is 0 Å². The predicted octanol–water partition coefficient (Wildman–Crippen LogP) is 2.48. The Morgan fingerprint density at radius 3 is 2.03 bits per heavy atom. The number of anilines is 3. The fraction of sp³-hybridized carbons (Fsp3) is 0.360. The lowest BCUT2D eigenvalue weighted by molar-refractivity contribution is -0.384. The Kier molecular flexibility index (Phi) is 8.16. The minimum atomic E-state index is -0.424. The van der Waals surface area contributed by atoms with Crippen LogP contribution < -0.4 is 20.0 Å². The second kappa shape index (κ2) is 12.3. The summed E-state index contributed by atoms with van der Waals surface area (Å²) in [4.78, 5) is 28.4. The molecule has 13 nitrogen and oxygen atoms in total. The summed E-state index contributed by atoms with van der Waals surface area (Å²) in [5, 5.41) is 15.1. The minimum absolute atomic E-state index is 0.0535. The number of non-ortho nitro benzene ring substituents is 1. The van der Waals surface area contributed by atoms with Crippen molar-refractivity contribution in [3.63, 3.8) is 0 Å². The van der Waals surface area contributed by atoms with E-state index in [2.05, 4.69) is 30.3 Å². The quantitative estimate of drug-likeness (QED) is 0.253. The van der Waals surface area contributed by atoms with Crippen molar-refractivity contribution in [1.82, 2.24) is 15.0 Å². The number of ether oxygens (including phenoxy) is 3. The van der Waals surface area contributed by atoms with E-state index in [0.717, 1.165) is 11.1 Å². The molecule has 5 rings (SSSR count). The highest BCUT2D eigenvalue weighted by Crippen LogP contribution is 2.19. The van der Waals surface area contributed by atoms with Gasteiger partial charge in [0.2, 0.25) is 17.8 Å². The molecule has 13 heteroatoms. The number of nitro benzene ring substituents is 1. The normalized spacial score (nSPS) is 16.0. The molecular formula is C25H28N8O5. The second-order valence-corrected chi connectivity index (χ2v) is 8.61. The molecule has 1 aromatic heterocycles. The van der Waals surface area contributed by atoms with Gasteiger partial charge in [0, 0.05) is 38.3 Å². The van der Waals surface area contributed by atoms with Crippen LogP contribution in [0.1, 0.15) is 11.1 Å². The molecule has 0 atom stereocenters. The summed E-state index contributed by atoms with van der Waals surface area (Å²) in [5.74, 6) is 2.23. The maximum Gasteiger partial charge on any atom is 0.269 e. The van der Waals surface area contributed by atoms with Gasteiger partial charge in [-0.1, -0.05) is 0 Å². The van der Waals surface area contributed by atoms with E-state index in [1.807, 2.05) is 24.3 Å². The van der Waals surface area contributed by atoms with Crippen LogP contribution in [0.15, 0.2) is 53.6 Å². The van der Waals surface area contributed by atoms with E-state index in [1.165, 1.54) is 12.1 Å². The van der Waals surface area contributed by atoms with E-state index in [1.54, 1.807) is 18.3 Å². The molecule has 3 aromatic rings. The summed E-state index contributed by atoms with van der Waals surface area (Å²) in [5.41, 5.74) is 4.69. The van der Waals surface area contributed by atoms with Crippen LogP contribution in [0.4, 0.5) is 23.5 Å². The first-order valence-corrected chi connectivity index (χ1v) is 12.3. The fourth-order valence-electron chi connectivity index (χ4n) is 3.91. The number of hydrogen-bond acceptors (Lipinski definition) is 12. The summed E-state index contributed by atoms with van der Waals surface area (Å²) in [6.45, 7) is 5.70. The monoisotopic (exact) mass is 520 g/mol. The van der Waals surface area contributed by atoms with Crippen molar-refractivity contribution in [1.29, 1.82) is 0 Å². The Hall–Kier alpha value is -4.36. The third-order valence-corrected chi connectivity index (χ3v) is 6.01. The predicted molar refractivity (Wildman–Crippen MR) is 141 cm³/mol. The van der Waals surface area contributed by atoms with E-state index in [0.29, 0.717) is 82.8 Å². The zero-order chi connectivity index (χ0) is 26.2. The number of nitrogens with one attached hydrogen (secondary N) is 1. The van der Waals surface area contributed by atoms with Crippen LogP contribution in [0.25, 0.3) is 0 Å². The Labute approximate surface area is 219 Å². The summed E-state index contributed by atoms with van der Waals surface area (Å²) in [6, 6.07) is 13.7. The Bertz CT molecular complexity index is 1210. The molecule has 0 amide bonds. The van der Waals surface area contributed by atoms with Gasteiger partial charge >= 0.3 is 0 Å². The van der Waals surface area contributed by atoms with Gasteiger partial charge in [0.25, 0.3) is 5.69 Å². The van der Waals surface area contributed by atoms with Crippen LogP contribution in [0, 0.1) is 10.1 Å². The van der Waals surface area contributed by atoms with Crippen LogP contribution >= 0.6 is 0 Å². The molecule has 2 fully saturated rings. The minimum Gasteiger partial charge on any atom is -0.489 e. The third-order valence-electron chi connectivity index (χ3n) is 6.01. The topological polar surface area (TPSA) is 140 Å². The largest absolute Gasteiger partial charge is 0.489 e. The lowest BCUT2D eigenvalue weighted by Crippen LogP contribution is -2.40. The third kappa shape index (κ3) is 6.69. The summed E-state index contributed by atoms with van der Waals surface area (Å²) in [6.07, 6.45) is 1.67. The van der Waals surface area contributed by atoms with Gasteiger partial charge < -0.3 is 24.0 Å². The van der Waals surface area contributed by atoms with E-state index in [9.17, 15) is 10.1 Å². The Morgan fingerprint density at radius 1 is 0.895 bits per heavy atom. The first-order valence-electron chi connectivity index (χ1n) is 12.3. The smallest absolute Gasteiger partial charge is 0.269 e. The van der Waals surface area contributed by atoms with E-state index in [4.69, 9.17) is 19.2 Å². The van der Waals surface area contributed by atoms with Gasteiger partial charge in [-0.15, -0.1) is 0 Å². The molecule has 198 valence electrons. The van der Waals surface area contributed by atoms with Crippen LogP contribution in [0.5, 0.6) is 5.75 Å². The summed E-state index contributed by atoms with van der Waals surface area (Å²) >= 11 is 0. The SMILES string of the molecule is O=[N+]([O-])c1ccc(COc2ccc(C=NNc3nc(N4CCOCC4)nc(N4CCOCC4)n3)cc2)cc1. The van der Waals surface area contributed by atoms with Crippen molar-refractivity contribution in [2.24, 2.45) is 5.10 Å². The van der Waals surface area contributed by atoms with E-state index in [-0.39, 0.29) is 5.69 Å². The average Bonchev–Trinajstić information content (AvgIpc) is 2.98. The van der Waals surface area contributed by atoms with Crippen molar-refractivity contribution in [3.05, 3.63) is 69.8 Å². The summed E-state index contributed by atoms with van der Waals surface area (Å²) in [7, 11) is 0. The van der Waals surface area contributed by atoms with Crippen molar-refractivity contribution in [3.8, 4) is 5.75 Å². The zero-order valence-corrected chi connectivity index (χ0v) is 20.7. The summed E-state index contributed by atoms with van der Waals surface area (Å²) < 4.78 is 16.7. The maximum absolute atomic E-state index is 10.8. The molecule has 38 heavy (non-hydrogen) atoms. The maximum atomic E-state index is 10.8. The number of aromatic nitrogens is 3. The van der Waals surface area contributed by atoms with Gasteiger partial charge in [0.15, 0.2) is 0 Å². The lowest BCUT2D eigenvalue weighted by atomic mass is 10.2. The molecule has 0 radical (unpaired) electrons. The zero-order valence-electron chi connectivity index (χ0n) is 20.7. The van der Waals surface area contributed by atoms with E-state index >= 15 is 0 Å². The van der Waals surface area contributed by atoms with Gasteiger partial charge in [-0.25, -0.2) is 5.43 Å². The molecule has 1 N–H and O–H groups in total. The van der Waals surface area contributed by atoms with Crippen LogP contribution in [0.3, 0.4) is 0 Å². The highest BCUT2D eigenvalue weighted by atomic mass is 16.6. The Morgan fingerprint density at radius 2 is 1.47 bits per heavy atom. The van der Waals surface area contributed by atoms with Gasteiger partial charge in [-0.05, 0) is 47.5 Å². The number of nitro groups is 1. The molecule has 2 aliphatic rings. The van der Waals surface area contributed by atoms with Crippen molar-refractivity contribution in [2.75, 3.05) is 67.8 Å². The van der Waals surface area contributed by atoms with E-state index < -0.39 is 4.92 Å². The number of morpholine rings is 2. The number of rotatable bonds is 9. The van der Waals surface area contributed by atoms with Gasteiger partial charge in [0.1, 0.15) is 12.4 Å². The standard InChI is InChI=1S/C25H28N8O5/c34-33(35)21-5-1-20(2-6-21)18-38-22-7-3-19(4-8-22)17-26-30-23-27-24(31-9-13-36-14-10-31)29-25(28-23)32-11-15-37-16-12-32/h1-8,17H,9-16,18H2,(H,27,28,29,30).